The zero-order valence-corrected chi connectivity index (χ0v) is 17.4. The highest BCUT2D eigenvalue weighted by Crippen LogP contribution is 2.17. The lowest BCUT2D eigenvalue weighted by Gasteiger charge is -2.11. The summed E-state index contributed by atoms with van der Waals surface area (Å²) >= 11 is 1.82. The summed E-state index contributed by atoms with van der Waals surface area (Å²) in [7, 11) is 0. The topological polar surface area (TPSA) is 56.7 Å². The quantitative estimate of drug-likeness (QED) is 0.334. The number of nitrogens with zero attached hydrogens (tertiary/aromatic N) is 1. The van der Waals surface area contributed by atoms with E-state index in [1.54, 1.807) is 12.1 Å². The summed E-state index contributed by atoms with van der Waals surface area (Å²) < 4.78 is 0. The zero-order valence-electron chi connectivity index (χ0n) is 14.2. The molecule has 0 saturated carbocycles. The molecule has 0 bridgehead atoms. The zero-order chi connectivity index (χ0) is 16.5. The molecule has 0 aliphatic rings. The van der Waals surface area contributed by atoms with Crippen molar-refractivity contribution in [3.63, 3.8) is 0 Å². The molecule has 132 valence electrons. The number of nitrogens with one attached hydrogen (secondary N) is 2. The molecule has 2 rings (SSSR count). The van der Waals surface area contributed by atoms with Crippen LogP contribution in [-0.2, 0) is 19.4 Å². The van der Waals surface area contributed by atoms with Crippen molar-refractivity contribution in [1.29, 1.82) is 0 Å². The fourth-order valence-corrected chi connectivity index (χ4v) is 3.12. The van der Waals surface area contributed by atoms with E-state index in [0.717, 1.165) is 37.5 Å². The molecule has 0 aliphatic carbocycles. The number of hydrogen-bond acceptors (Lipinski definition) is 3. The van der Waals surface area contributed by atoms with Crippen molar-refractivity contribution in [2.45, 2.75) is 33.2 Å². The van der Waals surface area contributed by atoms with Gasteiger partial charge in [-0.05, 0) is 49.6 Å². The van der Waals surface area contributed by atoms with Crippen molar-refractivity contribution < 1.29 is 5.11 Å². The van der Waals surface area contributed by atoms with Crippen LogP contribution < -0.4 is 10.6 Å². The van der Waals surface area contributed by atoms with Gasteiger partial charge in [-0.15, -0.1) is 35.3 Å². The average molecular weight is 459 g/mol. The highest BCUT2D eigenvalue weighted by molar-refractivity contribution is 14.0. The predicted molar refractivity (Wildman–Crippen MR) is 114 cm³/mol. The van der Waals surface area contributed by atoms with E-state index in [4.69, 9.17) is 0 Å². The Kier molecular flexibility index (Phi) is 9.78. The number of aryl methyl sites for hydroxylation is 1. The molecule has 0 unspecified atom stereocenters. The monoisotopic (exact) mass is 459 g/mol. The Hall–Kier alpha value is -1.28. The summed E-state index contributed by atoms with van der Waals surface area (Å²) in [6.07, 6.45) is 1.93. The molecule has 2 aromatic rings. The largest absolute Gasteiger partial charge is 0.508 e. The second-order valence-electron chi connectivity index (χ2n) is 5.26. The molecule has 0 spiro atoms. The molecule has 3 N–H and O–H groups in total. The molecule has 1 heterocycles. The Balaban J connectivity index is 0.00000288. The van der Waals surface area contributed by atoms with E-state index in [2.05, 4.69) is 41.6 Å². The normalized spacial score (nSPS) is 11.0. The highest BCUT2D eigenvalue weighted by Gasteiger charge is 2.01. The van der Waals surface area contributed by atoms with Crippen molar-refractivity contribution >= 4 is 41.3 Å². The van der Waals surface area contributed by atoms with Crippen LogP contribution in [-0.4, -0.2) is 24.2 Å². The van der Waals surface area contributed by atoms with E-state index < -0.39 is 0 Å². The van der Waals surface area contributed by atoms with Crippen LogP contribution >= 0.6 is 35.3 Å². The Bertz CT molecular complexity index is 643. The molecule has 0 fully saturated rings. The number of benzene rings is 1. The number of thiophene rings is 1. The first-order valence-corrected chi connectivity index (χ1v) is 8.90. The molecular formula is C18H26IN3OS. The van der Waals surface area contributed by atoms with E-state index >= 15 is 0 Å². The van der Waals surface area contributed by atoms with Gasteiger partial charge in [-0.1, -0.05) is 19.1 Å². The van der Waals surface area contributed by atoms with Crippen LogP contribution in [0, 0.1) is 0 Å². The number of phenolic OH excluding ortho intramolecular Hbond substituents is 1. The van der Waals surface area contributed by atoms with E-state index in [1.165, 1.54) is 9.75 Å². The van der Waals surface area contributed by atoms with Crippen molar-refractivity contribution in [1.82, 2.24) is 10.6 Å². The molecule has 0 radical (unpaired) electrons. The second kappa shape index (κ2) is 11.3. The molecular weight excluding hydrogens is 433 g/mol. The number of rotatable bonds is 7. The summed E-state index contributed by atoms with van der Waals surface area (Å²) in [5.41, 5.74) is 1.11. The molecule has 0 saturated heterocycles. The minimum Gasteiger partial charge on any atom is -0.508 e. The fraction of sp³-hybridized carbons (Fsp3) is 0.389. The minimum atomic E-state index is 0. The van der Waals surface area contributed by atoms with Crippen molar-refractivity contribution in [2.24, 2.45) is 4.99 Å². The van der Waals surface area contributed by atoms with Gasteiger partial charge in [-0.25, -0.2) is 4.99 Å². The number of halogens is 1. The lowest BCUT2D eigenvalue weighted by atomic mass is 10.1. The van der Waals surface area contributed by atoms with Crippen molar-refractivity contribution in [3.05, 3.63) is 51.7 Å². The van der Waals surface area contributed by atoms with E-state index in [-0.39, 0.29) is 24.0 Å². The minimum absolute atomic E-state index is 0. The Morgan fingerprint density at radius 3 is 2.58 bits per heavy atom. The number of aromatic hydroxyl groups is 1. The van der Waals surface area contributed by atoms with Crippen LogP contribution in [0.5, 0.6) is 5.75 Å². The van der Waals surface area contributed by atoms with E-state index in [9.17, 15) is 5.11 Å². The Morgan fingerprint density at radius 1 is 1.12 bits per heavy atom. The molecule has 1 aromatic carbocycles. The van der Waals surface area contributed by atoms with Gasteiger partial charge in [0.25, 0.3) is 0 Å². The van der Waals surface area contributed by atoms with Gasteiger partial charge in [0.2, 0.25) is 0 Å². The third-order valence-corrected chi connectivity index (χ3v) is 4.63. The Morgan fingerprint density at radius 2 is 1.92 bits per heavy atom. The van der Waals surface area contributed by atoms with Gasteiger partial charge in [0.05, 0.1) is 6.54 Å². The number of guanidine groups is 1. The Labute approximate surface area is 165 Å². The molecule has 6 heteroatoms. The molecule has 4 nitrogen and oxygen atoms in total. The van der Waals surface area contributed by atoms with Crippen LogP contribution in [0.1, 0.15) is 29.2 Å². The number of aliphatic imine (C=N–C) groups is 1. The molecule has 1 aromatic heterocycles. The maximum Gasteiger partial charge on any atom is 0.191 e. The summed E-state index contributed by atoms with van der Waals surface area (Å²) in [5, 5.41) is 16.1. The predicted octanol–water partition coefficient (Wildman–Crippen LogP) is 3.93. The van der Waals surface area contributed by atoms with Crippen molar-refractivity contribution in [3.8, 4) is 5.75 Å². The highest BCUT2D eigenvalue weighted by atomic mass is 127. The van der Waals surface area contributed by atoms with Gasteiger partial charge in [-0.3, -0.25) is 0 Å². The first kappa shape index (κ1) is 20.8. The van der Waals surface area contributed by atoms with E-state index in [1.807, 2.05) is 23.5 Å². The lowest BCUT2D eigenvalue weighted by Crippen LogP contribution is -2.38. The van der Waals surface area contributed by atoms with Gasteiger partial charge >= 0.3 is 0 Å². The van der Waals surface area contributed by atoms with Gasteiger partial charge in [-0.2, -0.15) is 0 Å². The summed E-state index contributed by atoms with van der Waals surface area (Å²) in [6, 6.07) is 11.7. The van der Waals surface area contributed by atoms with Crippen LogP contribution in [0.15, 0.2) is 41.4 Å². The first-order valence-electron chi connectivity index (χ1n) is 8.09. The third-order valence-electron chi connectivity index (χ3n) is 3.42. The SMILES string of the molecule is CCNC(=NCc1ccc(CC)s1)NCCc1cccc(O)c1.I. The molecule has 24 heavy (non-hydrogen) atoms. The summed E-state index contributed by atoms with van der Waals surface area (Å²) in [4.78, 5) is 7.32. The van der Waals surface area contributed by atoms with Gasteiger partial charge in [0.15, 0.2) is 5.96 Å². The summed E-state index contributed by atoms with van der Waals surface area (Å²) in [6.45, 7) is 6.55. The smallest absolute Gasteiger partial charge is 0.191 e. The maximum absolute atomic E-state index is 9.48. The summed E-state index contributed by atoms with van der Waals surface area (Å²) in [5.74, 6) is 1.14. The van der Waals surface area contributed by atoms with Crippen LogP contribution in [0.25, 0.3) is 0 Å². The second-order valence-corrected chi connectivity index (χ2v) is 6.52. The molecule has 0 amide bonds. The van der Waals surface area contributed by atoms with Crippen LogP contribution in [0.4, 0.5) is 0 Å². The van der Waals surface area contributed by atoms with Gasteiger partial charge < -0.3 is 15.7 Å². The number of hydrogen-bond donors (Lipinski definition) is 3. The number of phenols is 1. The standard InChI is InChI=1S/C18H25N3OS.HI/c1-3-16-8-9-17(23-16)13-21-18(19-4-2)20-11-10-14-6-5-7-15(22)12-14;/h5-9,12,22H,3-4,10-11,13H2,1-2H3,(H2,19,20,21);1H. The molecule has 0 aliphatic heterocycles. The molecule has 0 atom stereocenters. The van der Waals surface area contributed by atoms with Gasteiger partial charge in [0, 0.05) is 22.8 Å². The van der Waals surface area contributed by atoms with Crippen LogP contribution in [0.2, 0.25) is 0 Å². The fourth-order valence-electron chi connectivity index (χ4n) is 2.23. The third kappa shape index (κ3) is 7.09. The lowest BCUT2D eigenvalue weighted by molar-refractivity contribution is 0.474. The van der Waals surface area contributed by atoms with Crippen LogP contribution in [0.3, 0.4) is 0 Å². The van der Waals surface area contributed by atoms with E-state index in [0.29, 0.717) is 12.3 Å². The first-order chi connectivity index (χ1) is 11.2. The average Bonchev–Trinajstić information content (AvgIpc) is 3.01. The van der Waals surface area contributed by atoms with Crippen molar-refractivity contribution in [2.75, 3.05) is 13.1 Å². The maximum atomic E-state index is 9.48. The van der Waals surface area contributed by atoms with Gasteiger partial charge in [0.1, 0.15) is 5.75 Å².